The summed E-state index contributed by atoms with van der Waals surface area (Å²) < 4.78 is 40.4. The predicted octanol–water partition coefficient (Wildman–Crippen LogP) is 3.32. The summed E-state index contributed by atoms with van der Waals surface area (Å²) in [6, 6.07) is 9.63. The van der Waals surface area contributed by atoms with Gasteiger partial charge in [-0.3, -0.25) is 9.59 Å². The summed E-state index contributed by atoms with van der Waals surface area (Å²) in [5, 5.41) is 2.47. The molecule has 0 aliphatic carbocycles. The van der Waals surface area contributed by atoms with Crippen molar-refractivity contribution in [2.75, 3.05) is 26.0 Å². The molecule has 0 aliphatic rings. The Bertz CT molecular complexity index is 1020. The van der Waals surface area contributed by atoms with Gasteiger partial charge >= 0.3 is 0 Å². The molecule has 154 valence electrons. The fourth-order valence-corrected chi connectivity index (χ4v) is 3.85. The first kappa shape index (κ1) is 22.6. The van der Waals surface area contributed by atoms with E-state index in [2.05, 4.69) is 16.6 Å². The quantitative estimate of drug-likeness (QED) is 0.512. The van der Waals surface area contributed by atoms with E-state index in [1.165, 1.54) is 17.0 Å². The van der Waals surface area contributed by atoms with E-state index < -0.39 is 26.6 Å². The van der Waals surface area contributed by atoms with Gasteiger partial charge < -0.3 is 10.2 Å². The summed E-state index contributed by atoms with van der Waals surface area (Å²) in [7, 11) is -0.827. The van der Waals surface area contributed by atoms with Gasteiger partial charge in [0.2, 0.25) is 10.0 Å². The first-order valence-corrected chi connectivity index (χ1v) is 10.6. The van der Waals surface area contributed by atoms with Crippen molar-refractivity contribution in [1.82, 2.24) is 9.62 Å². The Labute approximate surface area is 173 Å². The van der Waals surface area contributed by atoms with Gasteiger partial charge in [-0.2, -0.15) is 0 Å². The van der Waals surface area contributed by atoms with Gasteiger partial charge in [0.05, 0.1) is 0 Å². The molecule has 2 aromatic carbocycles. The van der Waals surface area contributed by atoms with Gasteiger partial charge in [-0.15, -0.1) is 6.58 Å². The lowest BCUT2D eigenvalue weighted by atomic mass is 10.2. The maximum Gasteiger partial charge on any atom is 0.285 e. The van der Waals surface area contributed by atoms with E-state index in [9.17, 15) is 22.4 Å². The number of carbonyl (C=O) groups excluding carboxylic acids is 2. The molecular weight excluding hydrogens is 417 g/mol. The zero-order valence-electron chi connectivity index (χ0n) is 15.8. The second kappa shape index (κ2) is 9.68. The number of rotatable bonds is 7. The minimum Gasteiger partial charge on any atom is -0.339 e. The highest BCUT2D eigenvalue weighted by Crippen LogP contribution is 2.23. The van der Waals surface area contributed by atoms with Crippen molar-refractivity contribution >= 4 is 38.6 Å². The molecule has 0 saturated carbocycles. The van der Waals surface area contributed by atoms with Gasteiger partial charge in [0.1, 0.15) is 10.7 Å². The van der Waals surface area contributed by atoms with Crippen molar-refractivity contribution in [3.63, 3.8) is 0 Å². The Kier molecular flexibility index (Phi) is 7.54. The van der Waals surface area contributed by atoms with E-state index in [1.807, 2.05) is 0 Å². The minimum atomic E-state index is -4.12. The lowest BCUT2D eigenvalue weighted by Gasteiger charge is -2.11. The fourth-order valence-electron chi connectivity index (χ4n) is 2.10. The van der Waals surface area contributed by atoms with Crippen LogP contribution in [0, 0.1) is 5.82 Å². The van der Waals surface area contributed by atoms with E-state index >= 15 is 0 Å². The Hall–Kier alpha value is -2.69. The zero-order chi connectivity index (χ0) is 21.6. The Balaban J connectivity index is 2.16. The van der Waals surface area contributed by atoms with Crippen molar-refractivity contribution in [2.24, 2.45) is 0 Å². The first-order chi connectivity index (χ1) is 13.6. The molecule has 0 fully saturated rings. The van der Waals surface area contributed by atoms with Gasteiger partial charge in [0, 0.05) is 36.8 Å². The topological polar surface area (TPSA) is 95.6 Å². The summed E-state index contributed by atoms with van der Waals surface area (Å²) in [4.78, 5) is 25.7. The zero-order valence-corrected chi connectivity index (χ0v) is 17.4. The number of amides is 2. The fraction of sp³-hybridized carbons (Fsp3) is 0.158. The SMILES string of the molecule is C=CCNS(=O)(=O)c1cc(C(=O)Nc2ccc(SC(=O)N(C)C)cc2)ccc1F. The number of carbonyl (C=O) groups is 2. The highest BCUT2D eigenvalue weighted by Gasteiger charge is 2.20. The van der Waals surface area contributed by atoms with Crippen LogP contribution in [0.15, 0.2) is 64.9 Å². The van der Waals surface area contributed by atoms with Gasteiger partial charge in [-0.1, -0.05) is 6.08 Å². The van der Waals surface area contributed by atoms with Gasteiger partial charge in [-0.05, 0) is 54.2 Å². The predicted molar refractivity (Wildman–Crippen MR) is 111 cm³/mol. The molecule has 0 saturated heterocycles. The number of hydrogen-bond acceptors (Lipinski definition) is 5. The monoisotopic (exact) mass is 437 g/mol. The summed E-state index contributed by atoms with van der Waals surface area (Å²) >= 11 is 1.04. The van der Waals surface area contributed by atoms with Crippen LogP contribution in [0.4, 0.5) is 14.9 Å². The smallest absolute Gasteiger partial charge is 0.285 e. The normalized spacial score (nSPS) is 11.0. The molecule has 2 amide bonds. The third-order valence-electron chi connectivity index (χ3n) is 3.58. The van der Waals surface area contributed by atoms with Crippen LogP contribution in [0.5, 0.6) is 0 Å². The summed E-state index contributed by atoms with van der Waals surface area (Å²) in [5.41, 5.74) is 0.418. The third-order valence-corrected chi connectivity index (χ3v) is 6.07. The molecule has 2 N–H and O–H groups in total. The number of thioether (sulfide) groups is 1. The molecule has 2 aromatic rings. The average molecular weight is 438 g/mol. The molecular formula is C19H20FN3O4S2. The van der Waals surface area contributed by atoms with Crippen molar-refractivity contribution in [1.29, 1.82) is 0 Å². The van der Waals surface area contributed by atoms with Crippen molar-refractivity contribution in [2.45, 2.75) is 9.79 Å². The second-order valence-electron chi connectivity index (χ2n) is 6.03. The van der Waals surface area contributed by atoms with E-state index in [0.717, 1.165) is 23.9 Å². The Morgan fingerprint density at radius 1 is 1.17 bits per heavy atom. The van der Waals surface area contributed by atoms with E-state index in [0.29, 0.717) is 10.6 Å². The minimum absolute atomic E-state index is 0.0217. The molecule has 0 unspecified atom stereocenters. The molecule has 0 heterocycles. The number of halogens is 1. The maximum absolute atomic E-state index is 14.0. The van der Waals surface area contributed by atoms with E-state index in [-0.39, 0.29) is 17.3 Å². The lowest BCUT2D eigenvalue weighted by molar-refractivity contribution is 0.102. The van der Waals surface area contributed by atoms with Crippen molar-refractivity contribution in [3.05, 3.63) is 66.5 Å². The largest absolute Gasteiger partial charge is 0.339 e. The third kappa shape index (κ3) is 6.14. The summed E-state index contributed by atoms with van der Waals surface area (Å²) in [6.45, 7) is 3.33. The molecule has 0 bridgehead atoms. The summed E-state index contributed by atoms with van der Waals surface area (Å²) in [6.07, 6.45) is 1.32. The van der Waals surface area contributed by atoms with Crippen LogP contribution in [-0.2, 0) is 10.0 Å². The van der Waals surface area contributed by atoms with Crippen molar-refractivity contribution in [3.8, 4) is 0 Å². The van der Waals surface area contributed by atoms with Crippen LogP contribution in [-0.4, -0.2) is 45.1 Å². The number of sulfonamides is 1. The molecule has 0 aromatic heterocycles. The Morgan fingerprint density at radius 2 is 1.83 bits per heavy atom. The van der Waals surface area contributed by atoms with E-state index in [4.69, 9.17) is 0 Å². The van der Waals surface area contributed by atoms with Crippen LogP contribution in [0.1, 0.15) is 10.4 Å². The number of hydrogen-bond donors (Lipinski definition) is 2. The van der Waals surface area contributed by atoms with Crippen LogP contribution >= 0.6 is 11.8 Å². The number of nitrogens with zero attached hydrogens (tertiary/aromatic N) is 1. The van der Waals surface area contributed by atoms with Crippen LogP contribution in [0.25, 0.3) is 0 Å². The molecule has 10 heteroatoms. The standard InChI is InChI=1S/C19H20FN3O4S2/c1-4-11-21-29(26,27)17-12-13(5-10-16(17)20)18(24)22-14-6-8-15(9-7-14)28-19(25)23(2)3/h4-10,12,21H,1,11H2,2-3H3,(H,22,24). The van der Waals surface area contributed by atoms with Crippen molar-refractivity contribution < 1.29 is 22.4 Å². The molecule has 0 radical (unpaired) electrons. The van der Waals surface area contributed by atoms with Gasteiger partial charge in [0.15, 0.2) is 0 Å². The molecule has 0 spiro atoms. The van der Waals surface area contributed by atoms with Crippen LogP contribution < -0.4 is 10.0 Å². The second-order valence-corrected chi connectivity index (χ2v) is 8.79. The number of nitrogens with one attached hydrogen (secondary N) is 2. The highest BCUT2D eigenvalue weighted by molar-refractivity contribution is 8.13. The Morgan fingerprint density at radius 3 is 2.41 bits per heavy atom. The summed E-state index contributed by atoms with van der Waals surface area (Å²) in [5.74, 6) is -1.57. The van der Waals surface area contributed by atoms with Gasteiger partial charge in [-0.25, -0.2) is 17.5 Å². The molecule has 29 heavy (non-hydrogen) atoms. The maximum atomic E-state index is 14.0. The average Bonchev–Trinajstić information content (AvgIpc) is 2.68. The molecule has 7 nitrogen and oxygen atoms in total. The van der Waals surface area contributed by atoms with Crippen LogP contribution in [0.3, 0.4) is 0 Å². The number of anilines is 1. The molecule has 2 rings (SSSR count). The first-order valence-electron chi connectivity index (χ1n) is 8.34. The molecule has 0 aliphatic heterocycles. The highest BCUT2D eigenvalue weighted by atomic mass is 32.2. The van der Waals surface area contributed by atoms with E-state index in [1.54, 1.807) is 38.4 Å². The number of benzene rings is 2. The van der Waals surface area contributed by atoms with Crippen LogP contribution in [0.2, 0.25) is 0 Å². The van der Waals surface area contributed by atoms with Gasteiger partial charge in [0.25, 0.3) is 11.1 Å². The lowest BCUT2D eigenvalue weighted by Crippen LogP contribution is -2.25. The molecule has 0 atom stereocenters.